The molecule has 1 amide bonds. The Hall–Kier alpha value is -3.66. The predicted octanol–water partition coefficient (Wildman–Crippen LogP) is 2.50. The summed E-state index contributed by atoms with van der Waals surface area (Å²) >= 11 is 0. The average Bonchev–Trinajstić information content (AvgIpc) is 3.01. The second-order valence-electron chi connectivity index (χ2n) is 6.75. The largest absolute Gasteiger partial charge is 0.348 e. The van der Waals surface area contributed by atoms with Crippen LogP contribution < -0.4 is 10.9 Å². The molecular formula is C21H21N5O2. The van der Waals surface area contributed by atoms with Crippen molar-refractivity contribution in [3.05, 3.63) is 74.3 Å². The summed E-state index contributed by atoms with van der Waals surface area (Å²) in [6.45, 7) is 5.64. The molecule has 0 atom stereocenters. The number of aromatic nitrogens is 3. The normalized spacial score (nSPS) is 10.5. The Morgan fingerprint density at radius 2 is 2.07 bits per heavy atom. The SMILES string of the molecule is Cc1cc(C)c(CNC(=O)c2cccc(-c3c(C#N)cnn3C)c2C)c(=O)[nH]1. The van der Waals surface area contributed by atoms with Gasteiger partial charge in [0.15, 0.2) is 0 Å². The van der Waals surface area contributed by atoms with Gasteiger partial charge in [-0.05, 0) is 44.0 Å². The van der Waals surface area contributed by atoms with Crippen molar-refractivity contribution in [1.29, 1.82) is 5.26 Å². The van der Waals surface area contributed by atoms with Crippen LogP contribution in [0.15, 0.2) is 35.3 Å². The van der Waals surface area contributed by atoms with Gasteiger partial charge in [-0.1, -0.05) is 12.1 Å². The number of carbonyl (C=O) groups excluding carboxylic acids is 1. The van der Waals surface area contributed by atoms with Crippen LogP contribution in [0.5, 0.6) is 0 Å². The van der Waals surface area contributed by atoms with E-state index in [9.17, 15) is 14.9 Å². The molecule has 2 N–H and O–H groups in total. The number of carbonyl (C=O) groups is 1. The van der Waals surface area contributed by atoms with Crippen molar-refractivity contribution in [2.75, 3.05) is 0 Å². The molecular weight excluding hydrogens is 354 g/mol. The molecule has 0 fully saturated rings. The topological polar surface area (TPSA) is 104 Å². The highest BCUT2D eigenvalue weighted by atomic mass is 16.1. The number of rotatable bonds is 4. The van der Waals surface area contributed by atoms with E-state index in [0.717, 1.165) is 22.4 Å². The number of hydrogen-bond donors (Lipinski definition) is 2. The van der Waals surface area contributed by atoms with Crippen LogP contribution in [-0.2, 0) is 13.6 Å². The minimum atomic E-state index is -0.278. The fourth-order valence-corrected chi connectivity index (χ4v) is 3.34. The Morgan fingerprint density at radius 3 is 2.75 bits per heavy atom. The van der Waals surface area contributed by atoms with Gasteiger partial charge in [0, 0.05) is 36.0 Å². The number of nitriles is 1. The molecule has 0 unspecified atom stereocenters. The van der Waals surface area contributed by atoms with Gasteiger partial charge in [-0.25, -0.2) is 0 Å². The first-order valence-electron chi connectivity index (χ1n) is 8.83. The highest BCUT2D eigenvalue weighted by Gasteiger charge is 2.18. The van der Waals surface area contributed by atoms with Gasteiger partial charge in [-0.15, -0.1) is 0 Å². The number of pyridine rings is 1. The molecule has 0 spiro atoms. The molecule has 3 aromatic rings. The van der Waals surface area contributed by atoms with E-state index < -0.39 is 0 Å². The number of aryl methyl sites for hydroxylation is 3. The third kappa shape index (κ3) is 3.45. The van der Waals surface area contributed by atoms with Crippen LogP contribution in [0.2, 0.25) is 0 Å². The van der Waals surface area contributed by atoms with Crippen LogP contribution in [0.25, 0.3) is 11.3 Å². The molecule has 0 saturated carbocycles. The molecule has 2 aromatic heterocycles. The second kappa shape index (κ2) is 7.53. The molecule has 0 aliphatic carbocycles. The number of amides is 1. The van der Waals surface area contributed by atoms with E-state index in [0.29, 0.717) is 22.4 Å². The lowest BCUT2D eigenvalue weighted by atomic mass is 9.97. The minimum absolute atomic E-state index is 0.138. The highest BCUT2D eigenvalue weighted by molar-refractivity contribution is 5.97. The maximum atomic E-state index is 12.8. The van der Waals surface area contributed by atoms with Crippen LogP contribution in [0.3, 0.4) is 0 Å². The molecule has 3 rings (SSSR count). The van der Waals surface area contributed by atoms with Crippen LogP contribution in [-0.4, -0.2) is 20.7 Å². The van der Waals surface area contributed by atoms with Crippen LogP contribution >= 0.6 is 0 Å². The monoisotopic (exact) mass is 375 g/mol. The molecule has 0 saturated heterocycles. The molecule has 142 valence electrons. The summed E-state index contributed by atoms with van der Waals surface area (Å²) in [6.07, 6.45) is 1.51. The van der Waals surface area contributed by atoms with E-state index in [-0.39, 0.29) is 18.0 Å². The van der Waals surface area contributed by atoms with Crippen molar-refractivity contribution in [2.45, 2.75) is 27.3 Å². The number of benzene rings is 1. The number of nitrogens with one attached hydrogen (secondary N) is 2. The maximum Gasteiger partial charge on any atom is 0.253 e. The summed E-state index contributed by atoms with van der Waals surface area (Å²) in [6, 6.07) is 9.37. The van der Waals surface area contributed by atoms with Gasteiger partial charge in [0.1, 0.15) is 6.07 Å². The van der Waals surface area contributed by atoms with Gasteiger partial charge >= 0.3 is 0 Å². The van der Waals surface area contributed by atoms with Gasteiger partial charge in [0.25, 0.3) is 11.5 Å². The number of H-pyrrole nitrogens is 1. The van der Waals surface area contributed by atoms with Gasteiger partial charge in [0.2, 0.25) is 0 Å². The van der Waals surface area contributed by atoms with Crippen molar-refractivity contribution in [3.8, 4) is 17.3 Å². The lowest BCUT2D eigenvalue weighted by Crippen LogP contribution is -2.28. The van der Waals surface area contributed by atoms with Crippen molar-refractivity contribution >= 4 is 5.91 Å². The zero-order valence-corrected chi connectivity index (χ0v) is 16.3. The zero-order chi connectivity index (χ0) is 20.4. The van der Waals surface area contributed by atoms with Gasteiger partial charge in [-0.3, -0.25) is 14.3 Å². The first-order valence-corrected chi connectivity index (χ1v) is 8.83. The lowest BCUT2D eigenvalue weighted by molar-refractivity contribution is 0.0950. The number of aromatic amines is 1. The van der Waals surface area contributed by atoms with Gasteiger partial charge in [-0.2, -0.15) is 10.4 Å². The van der Waals surface area contributed by atoms with E-state index in [1.165, 1.54) is 6.20 Å². The molecule has 7 heteroatoms. The Kier molecular flexibility index (Phi) is 5.14. The molecule has 7 nitrogen and oxygen atoms in total. The second-order valence-corrected chi connectivity index (χ2v) is 6.75. The van der Waals surface area contributed by atoms with Gasteiger partial charge in [0.05, 0.1) is 17.5 Å². The van der Waals surface area contributed by atoms with E-state index >= 15 is 0 Å². The fourth-order valence-electron chi connectivity index (χ4n) is 3.34. The molecule has 1 aromatic carbocycles. The summed E-state index contributed by atoms with van der Waals surface area (Å²) in [5.41, 5.74) is 5.08. The van der Waals surface area contributed by atoms with E-state index in [4.69, 9.17) is 0 Å². The van der Waals surface area contributed by atoms with Crippen molar-refractivity contribution < 1.29 is 4.79 Å². The third-order valence-electron chi connectivity index (χ3n) is 4.81. The highest BCUT2D eigenvalue weighted by Crippen LogP contribution is 2.28. The standard InChI is InChI=1S/C21H21N5O2/c1-12-8-13(2)25-21(28)18(12)11-23-20(27)17-7-5-6-16(14(17)3)19-15(9-22)10-24-26(19)4/h5-8,10H,11H2,1-4H3,(H,23,27)(H,25,28). The van der Waals surface area contributed by atoms with Crippen molar-refractivity contribution in [1.82, 2.24) is 20.1 Å². The van der Waals surface area contributed by atoms with Crippen molar-refractivity contribution in [3.63, 3.8) is 0 Å². The van der Waals surface area contributed by atoms with Crippen LogP contribution in [0, 0.1) is 32.1 Å². The maximum absolute atomic E-state index is 12.8. The summed E-state index contributed by atoms with van der Waals surface area (Å²) in [7, 11) is 1.76. The summed E-state index contributed by atoms with van der Waals surface area (Å²) < 4.78 is 1.62. The van der Waals surface area contributed by atoms with E-state index in [1.54, 1.807) is 23.9 Å². The van der Waals surface area contributed by atoms with Crippen LogP contribution in [0.4, 0.5) is 0 Å². The van der Waals surface area contributed by atoms with E-state index in [2.05, 4.69) is 21.5 Å². The predicted molar refractivity (Wildman–Crippen MR) is 106 cm³/mol. The quantitative estimate of drug-likeness (QED) is 0.731. The molecule has 2 heterocycles. The fraction of sp³-hybridized carbons (Fsp3) is 0.238. The molecule has 0 bridgehead atoms. The summed E-state index contributed by atoms with van der Waals surface area (Å²) in [5, 5.41) is 16.3. The number of nitrogens with zero attached hydrogens (tertiary/aromatic N) is 3. The third-order valence-corrected chi connectivity index (χ3v) is 4.81. The Labute approximate surface area is 162 Å². The summed E-state index contributed by atoms with van der Waals surface area (Å²) in [4.78, 5) is 27.7. The first kappa shape index (κ1) is 19.1. The minimum Gasteiger partial charge on any atom is -0.348 e. The Bertz CT molecular complexity index is 1160. The lowest BCUT2D eigenvalue weighted by Gasteiger charge is -2.13. The van der Waals surface area contributed by atoms with Gasteiger partial charge < -0.3 is 10.3 Å². The smallest absolute Gasteiger partial charge is 0.253 e. The van der Waals surface area contributed by atoms with E-state index in [1.807, 2.05) is 32.9 Å². The average molecular weight is 375 g/mol. The number of hydrogen-bond acceptors (Lipinski definition) is 4. The van der Waals surface area contributed by atoms with Crippen LogP contribution in [0.1, 0.15) is 38.3 Å². The molecule has 28 heavy (non-hydrogen) atoms. The Morgan fingerprint density at radius 1 is 1.32 bits per heavy atom. The molecule has 0 aliphatic rings. The first-order chi connectivity index (χ1) is 13.3. The van der Waals surface area contributed by atoms with Crippen molar-refractivity contribution in [2.24, 2.45) is 7.05 Å². The Balaban J connectivity index is 1.91. The molecule has 0 aliphatic heterocycles. The zero-order valence-electron chi connectivity index (χ0n) is 16.3. The summed E-state index contributed by atoms with van der Waals surface area (Å²) in [5.74, 6) is -0.278. The molecule has 0 radical (unpaired) electrons.